The molecule has 2 fully saturated rings. The molecule has 2 unspecified atom stereocenters. The Labute approximate surface area is 145 Å². The number of halogens is 4. The normalized spacial score (nSPS) is 29.5. The van der Waals surface area contributed by atoms with Gasteiger partial charge in [-0.05, 0) is 55.7 Å². The van der Waals surface area contributed by atoms with Crippen molar-refractivity contribution in [2.24, 2.45) is 23.5 Å². The molecule has 0 heterocycles. The van der Waals surface area contributed by atoms with E-state index in [-0.39, 0.29) is 36.0 Å². The van der Waals surface area contributed by atoms with Crippen molar-refractivity contribution in [2.75, 3.05) is 5.32 Å². The molecule has 0 radical (unpaired) electrons. The molecule has 7 heteroatoms. The Balaban J connectivity index is 0.00000208. The summed E-state index contributed by atoms with van der Waals surface area (Å²) >= 11 is 0. The average Bonchev–Trinajstić information content (AvgIpc) is 2.46. The molecule has 1 aromatic rings. The Kier molecular flexibility index (Phi) is 5.81. The summed E-state index contributed by atoms with van der Waals surface area (Å²) in [5.74, 6) is 0.382. The van der Waals surface area contributed by atoms with E-state index in [4.69, 9.17) is 5.73 Å². The summed E-state index contributed by atoms with van der Waals surface area (Å²) in [6, 6.07) is 4.95. The Morgan fingerprint density at radius 1 is 1.17 bits per heavy atom. The van der Waals surface area contributed by atoms with Crippen LogP contribution < -0.4 is 11.1 Å². The standard InChI is InChI=1S/C17H21F3N2O.ClH/c18-17(19,20)13-5-2-6-14(9-13)22-16(23)12-7-10-3-1-4-11(8-12)15(10)21;/h2,5-6,9-12,15H,1,3-4,7-8,21H2,(H,22,23);1H. The maximum atomic E-state index is 12.7. The lowest BCUT2D eigenvalue weighted by atomic mass is 9.65. The van der Waals surface area contributed by atoms with Gasteiger partial charge in [0, 0.05) is 17.6 Å². The fraction of sp³-hybridized carbons (Fsp3) is 0.588. The monoisotopic (exact) mass is 362 g/mol. The molecule has 2 atom stereocenters. The van der Waals surface area contributed by atoms with Crippen LogP contribution >= 0.6 is 12.4 Å². The maximum Gasteiger partial charge on any atom is 0.416 e. The van der Waals surface area contributed by atoms with Crippen LogP contribution in [0.5, 0.6) is 0 Å². The molecular formula is C17H22ClF3N2O. The van der Waals surface area contributed by atoms with Crippen molar-refractivity contribution in [3.05, 3.63) is 29.8 Å². The van der Waals surface area contributed by atoms with Gasteiger partial charge in [-0.15, -0.1) is 12.4 Å². The zero-order valence-corrected chi connectivity index (χ0v) is 14.0. The second kappa shape index (κ2) is 7.31. The van der Waals surface area contributed by atoms with Crippen molar-refractivity contribution in [1.29, 1.82) is 0 Å². The minimum Gasteiger partial charge on any atom is -0.327 e. The van der Waals surface area contributed by atoms with Crippen LogP contribution in [-0.4, -0.2) is 11.9 Å². The smallest absolute Gasteiger partial charge is 0.327 e. The van der Waals surface area contributed by atoms with Gasteiger partial charge in [0.15, 0.2) is 0 Å². The van der Waals surface area contributed by atoms with Gasteiger partial charge in [0.25, 0.3) is 0 Å². The van der Waals surface area contributed by atoms with Gasteiger partial charge in [-0.1, -0.05) is 12.5 Å². The summed E-state index contributed by atoms with van der Waals surface area (Å²) in [6.07, 6.45) is 0.321. The number of anilines is 1. The molecule has 24 heavy (non-hydrogen) atoms. The quantitative estimate of drug-likeness (QED) is 0.827. The van der Waals surface area contributed by atoms with Crippen LogP contribution in [0.15, 0.2) is 24.3 Å². The highest BCUT2D eigenvalue weighted by Gasteiger charge is 2.40. The van der Waals surface area contributed by atoms with Crippen LogP contribution in [-0.2, 0) is 11.0 Å². The van der Waals surface area contributed by atoms with Crippen molar-refractivity contribution in [1.82, 2.24) is 0 Å². The number of nitrogens with one attached hydrogen (secondary N) is 1. The number of nitrogens with two attached hydrogens (primary N) is 1. The van der Waals surface area contributed by atoms with Crippen LogP contribution in [0.1, 0.15) is 37.7 Å². The van der Waals surface area contributed by atoms with Gasteiger partial charge in [0.2, 0.25) is 5.91 Å². The van der Waals surface area contributed by atoms with Crippen LogP contribution in [0.2, 0.25) is 0 Å². The first-order valence-electron chi connectivity index (χ1n) is 8.08. The third-order valence-electron chi connectivity index (χ3n) is 5.24. The fourth-order valence-electron chi connectivity index (χ4n) is 4.02. The molecule has 2 aliphatic carbocycles. The maximum absolute atomic E-state index is 12.7. The zero-order valence-electron chi connectivity index (χ0n) is 13.2. The lowest BCUT2D eigenvalue weighted by Crippen LogP contribution is -2.48. The van der Waals surface area contributed by atoms with E-state index in [1.54, 1.807) is 0 Å². The Morgan fingerprint density at radius 3 is 2.38 bits per heavy atom. The number of hydrogen-bond donors (Lipinski definition) is 2. The number of amides is 1. The van der Waals surface area contributed by atoms with E-state index in [2.05, 4.69) is 5.32 Å². The first kappa shape index (κ1) is 19.1. The number of hydrogen-bond acceptors (Lipinski definition) is 2. The molecule has 3 nitrogen and oxygen atoms in total. The summed E-state index contributed by atoms with van der Waals surface area (Å²) in [7, 11) is 0. The largest absolute Gasteiger partial charge is 0.416 e. The van der Waals surface area contributed by atoms with Crippen molar-refractivity contribution in [3.63, 3.8) is 0 Å². The molecule has 0 saturated heterocycles. The van der Waals surface area contributed by atoms with E-state index < -0.39 is 11.7 Å². The van der Waals surface area contributed by atoms with Gasteiger partial charge >= 0.3 is 6.18 Å². The molecule has 134 valence electrons. The fourth-order valence-corrected chi connectivity index (χ4v) is 4.02. The highest BCUT2D eigenvalue weighted by atomic mass is 35.5. The topological polar surface area (TPSA) is 55.1 Å². The van der Waals surface area contributed by atoms with Gasteiger partial charge < -0.3 is 11.1 Å². The lowest BCUT2D eigenvalue weighted by molar-refractivity contribution is -0.137. The van der Waals surface area contributed by atoms with E-state index in [9.17, 15) is 18.0 Å². The molecule has 3 N–H and O–H groups in total. The Bertz CT molecular complexity index is 579. The highest BCUT2D eigenvalue weighted by molar-refractivity contribution is 5.92. The number of alkyl halides is 3. The summed E-state index contributed by atoms with van der Waals surface area (Å²) in [5.41, 5.74) is 5.66. The number of fused-ring (bicyclic) bond motifs is 2. The zero-order chi connectivity index (χ0) is 16.6. The first-order valence-corrected chi connectivity index (χ1v) is 8.08. The van der Waals surface area contributed by atoms with Crippen molar-refractivity contribution in [3.8, 4) is 0 Å². The van der Waals surface area contributed by atoms with Gasteiger partial charge in [0.05, 0.1) is 5.56 Å². The number of carbonyl (C=O) groups is 1. The summed E-state index contributed by atoms with van der Waals surface area (Å²) in [6.45, 7) is 0. The Hall–Kier alpha value is -1.27. The molecule has 3 rings (SSSR count). The van der Waals surface area contributed by atoms with E-state index in [1.807, 2.05) is 0 Å². The predicted molar refractivity (Wildman–Crippen MR) is 88.9 cm³/mol. The van der Waals surface area contributed by atoms with Crippen LogP contribution in [0, 0.1) is 17.8 Å². The van der Waals surface area contributed by atoms with Gasteiger partial charge in [-0.3, -0.25) is 4.79 Å². The van der Waals surface area contributed by atoms with Gasteiger partial charge in [0.1, 0.15) is 0 Å². The molecular weight excluding hydrogens is 341 g/mol. The minimum atomic E-state index is -4.41. The number of carbonyl (C=O) groups excluding carboxylic acids is 1. The SMILES string of the molecule is Cl.NC1C2CCCC1CC(C(=O)Nc1cccc(C(F)(F)F)c1)C2. The Morgan fingerprint density at radius 2 is 1.79 bits per heavy atom. The summed E-state index contributed by atoms with van der Waals surface area (Å²) < 4.78 is 38.2. The summed E-state index contributed by atoms with van der Waals surface area (Å²) in [4.78, 5) is 12.4. The van der Waals surface area contributed by atoms with Crippen molar-refractivity contribution < 1.29 is 18.0 Å². The van der Waals surface area contributed by atoms with E-state index in [0.717, 1.165) is 44.2 Å². The van der Waals surface area contributed by atoms with Gasteiger partial charge in [-0.2, -0.15) is 13.2 Å². The van der Waals surface area contributed by atoms with Crippen molar-refractivity contribution >= 4 is 24.0 Å². The average molecular weight is 363 g/mol. The molecule has 1 amide bonds. The van der Waals surface area contributed by atoms with E-state index in [1.165, 1.54) is 12.1 Å². The predicted octanol–water partition coefficient (Wildman–Crippen LogP) is 4.22. The molecule has 2 saturated carbocycles. The molecule has 2 aliphatic rings. The minimum absolute atomic E-state index is 0. The molecule has 1 aromatic carbocycles. The van der Waals surface area contributed by atoms with Crippen molar-refractivity contribution in [2.45, 2.75) is 44.3 Å². The summed E-state index contributed by atoms with van der Waals surface area (Å²) in [5, 5.41) is 2.65. The lowest BCUT2D eigenvalue weighted by Gasteiger charge is -2.43. The highest BCUT2D eigenvalue weighted by Crippen LogP contribution is 2.42. The number of benzene rings is 1. The van der Waals surface area contributed by atoms with E-state index in [0.29, 0.717) is 11.8 Å². The second-order valence-corrected chi connectivity index (χ2v) is 6.76. The number of rotatable bonds is 2. The van der Waals surface area contributed by atoms with Gasteiger partial charge in [-0.25, -0.2) is 0 Å². The third kappa shape index (κ3) is 4.03. The third-order valence-corrected chi connectivity index (χ3v) is 5.24. The first-order chi connectivity index (χ1) is 10.8. The van der Waals surface area contributed by atoms with Crippen LogP contribution in [0.4, 0.5) is 18.9 Å². The molecule has 0 spiro atoms. The van der Waals surface area contributed by atoms with Crippen LogP contribution in [0.3, 0.4) is 0 Å². The van der Waals surface area contributed by atoms with Crippen LogP contribution in [0.25, 0.3) is 0 Å². The molecule has 0 aromatic heterocycles. The second-order valence-electron chi connectivity index (χ2n) is 6.76. The van der Waals surface area contributed by atoms with E-state index >= 15 is 0 Å². The molecule has 2 bridgehead atoms. The molecule has 0 aliphatic heterocycles.